The number of fused-ring (bicyclic) bond motifs is 1. The van der Waals surface area contributed by atoms with Crippen molar-refractivity contribution in [1.29, 1.82) is 5.26 Å². The number of benzene rings is 2. The molecule has 4 rings (SSSR count). The zero-order valence-corrected chi connectivity index (χ0v) is 21.4. The van der Waals surface area contributed by atoms with E-state index < -0.39 is 17.0 Å². The molecular weight excluding hydrogens is 484 g/mol. The predicted molar refractivity (Wildman–Crippen MR) is 135 cm³/mol. The number of carbonyl (C=O) groups is 1. The molecule has 1 aliphatic carbocycles. The summed E-state index contributed by atoms with van der Waals surface area (Å²) in [5.41, 5.74) is 4.45. The van der Waals surface area contributed by atoms with Crippen LogP contribution in [0.15, 0.2) is 36.4 Å². The van der Waals surface area contributed by atoms with Gasteiger partial charge >= 0.3 is 5.97 Å². The van der Waals surface area contributed by atoms with Crippen LogP contribution < -0.4 is 9.46 Å². The highest BCUT2D eigenvalue weighted by atomic mass is 32.2. The van der Waals surface area contributed by atoms with Gasteiger partial charge in [-0.05, 0) is 62.9 Å². The number of hydrogen-bond donors (Lipinski definition) is 1. The van der Waals surface area contributed by atoms with Gasteiger partial charge in [0.25, 0.3) is 0 Å². The molecule has 0 fully saturated rings. The first kappa shape index (κ1) is 25.0. The van der Waals surface area contributed by atoms with Gasteiger partial charge in [0.05, 0.1) is 18.3 Å². The van der Waals surface area contributed by atoms with Crippen LogP contribution in [0.3, 0.4) is 0 Å². The molecule has 0 amide bonds. The van der Waals surface area contributed by atoms with Gasteiger partial charge in [-0.15, -0.1) is 10.2 Å². The summed E-state index contributed by atoms with van der Waals surface area (Å²) in [6, 6.07) is 13.5. The zero-order chi connectivity index (χ0) is 24.9. The van der Waals surface area contributed by atoms with E-state index in [1.54, 1.807) is 19.1 Å². The molecule has 3 aromatic rings. The summed E-state index contributed by atoms with van der Waals surface area (Å²) in [5, 5.41) is 19.8. The first-order valence-electron chi connectivity index (χ1n) is 11.4. The molecule has 0 spiro atoms. The Morgan fingerprint density at radius 3 is 2.83 bits per heavy atom. The lowest BCUT2D eigenvalue weighted by molar-refractivity contribution is -0.139. The highest BCUT2D eigenvalue weighted by Gasteiger charge is 2.28. The van der Waals surface area contributed by atoms with Gasteiger partial charge in [0.15, 0.2) is 0 Å². The molecule has 0 bridgehead atoms. The Kier molecular flexibility index (Phi) is 7.90. The van der Waals surface area contributed by atoms with Gasteiger partial charge < -0.3 is 9.47 Å². The molecule has 182 valence electrons. The van der Waals surface area contributed by atoms with Crippen LogP contribution in [0.2, 0.25) is 0 Å². The van der Waals surface area contributed by atoms with Crippen LogP contribution >= 0.6 is 11.3 Å². The van der Waals surface area contributed by atoms with Crippen LogP contribution in [0.4, 0.5) is 0 Å². The Morgan fingerprint density at radius 2 is 2.09 bits per heavy atom. The molecule has 2 aromatic carbocycles. The van der Waals surface area contributed by atoms with E-state index in [-0.39, 0.29) is 24.5 Å². The van der Waals surface area contributed by atoms with Gasteiger partial charge in [-0.3, -0.25) is 4.79 Å². The van der Waals surface area contributed by atoms with Crippen LogP contribution in [0, 0.1) is 11.3 Å². The topological polar surface area (TPSA) is 114 Å². The van der Waals surface area contributed by atoms with E-state index in [0.29, 0.717) is 16.3 Å². The lowest BCUT2D eigenvalue weighted by atomic mass is 10.0. The van der Waals surface area contributed by atoms with E-state index in [1.807, 2.05) is 38.1 Å². The maximum atomic E-state index is 12.4. The van der Waals surface area contributed by atoms with Crippen molar-refractivity contribution in [3.8, 4) is 33.0 Å². The molecule has 0 radical (unpaired) electrons. The monoisotopic (exact) mass is 510 g/mol. The first-order valence-corrected chi connectivity index (χ1v) is 13.5. The summed E-state index contributed by atoms with van der Waals surface area (Å²) < 4.78 is 26.1. The van der Waals surface area contributed by atoms with Crippen molar-refractivity contribution in [1.82, 2.24) is 14.9 Å². The summed E-state index contributed by atoms with van der Waals surface area (Å²) in [5.74, 6) is -0.101. The standard InChI is InChI=1S/C25H26N4O4S2/c1-4-32-23(30)14-35(31)29-21-10-9-18-19(21)6-5-7-20(18)25-28-27-24(34-25)16-8-11-22(33-15(2)3)17(12-16)13-26/h5-8,11-12,15,21,29H,4,9-10,14H2,1-3H3. The van der Waals surface area contributed by atoms with Gasteiger partial charge in [0.1, 0.15) is 38.6 Å². The third kappa shape index (κ3) is 5.75. The fourth-order valence-corrected chi connectivity index (χ4v) is 5.88. The smallest absolute Gasteiger partial charge is 0.319 e. The van der Waals surface area contributed by atoms with Crippen molar-refractivity contribution in [2.45, 2.75) is 45.8 Å². The second-order valence-electron chi connectivity index (χ2n) is 8.28. The highest BCUT2D eigenvalue weighted by Crippen LogP contribution is 2.40. The number of rotatable bonds is 9. The molecule has 2 unspecified atom stereocenters. The van der Waals surface area contributed by atoms with E-state index in [1.165, 1.54) is 11.3 Å². The number of ether oxygens (including phenoxy) is 2. The Bertz CT molecular complexity index is 1300. The number of nitriles is 1. The molecule has 1 aromatic heterocycles. The van der Waals surface area contributed by atoms with E-state index in [4.69, 9.17) is 9.47 Å². The molecule has 0 saturated carbocycles. The number of hydrogen-bond acceptors (Lipinski definition) is 8. The Morgan fingerprint density at radius 1 is 1.29 bits per heavy atom. The average molecular weight is 511 g/mol. The normalized spacial score (nSPS) is 15.5. The molecule has 1 heterocycles. The first-order chi connectivity index (χ1) is 16.9. The molecule has 10 heteroatoms. The number of carbonyl (C=O) groups excluding carboxylic acids is 1. The van der Waals surface area contributed by atoms with Gasteiger partial charge in [0, 0.05) is 17.2 Å². The number of aromatic nitrogens is 2. The SMILES string of the molecule is CCOC(=O)CS(=O)NC1CCc2c(-c3nnc(-c4ccc(OC(C)C)c(C#N)c4)s3)cccc21. The zero-order valence-electron chi connectivity index (χ0n) is 19.7. The summed E-state index contributed by atoms with van der Waals surface area (Å²) in [4.78, 5) is 11.6. The molecule has 35 heavy (non-hydrogen) atoms. The molecular formula is C25H26N4O4S2. The second-order valence-corrected chi connectivity index (χ2v) is 10.5. The Balaban J connectivity index is 1.55. The molecule has 0 saturated heterocycles. The van der Waals surface area contributed by atoms with Crippen molar-refractivity contribution < 1.29 is 18.5 Å². The van der Waals surface area contributed by atoms with Crippen LogP contribution in [0.5, 0.6) is 5.75 Å². The minimum Gasteiger partial charge on any atom is -0.490 e. The summed E-state index contributed by atoms with van der Waals surface area (Å²) >= 11 is 1.46. The third-order valence-electron chi connectivity index (χ3n) is 5.46. The van der Waals surface area contributed by atoms with Crippen LogP contribution in [0.25, 0.3) is 21.1 Å². The average Bonchev–Trinajstić information content (AvgIpc) is 3.47. The van der Waals surface area contributed by atoms with Crippen molar-refractivity contribution in [3.05, 3.63) is 53.1 Å². The van der Waals surface area contributed by atoms with E-state index >= 15 is 0 Å². The largest absolute Gasteiger partial charge is 0.490 e. The number of nitrogens with zero attached hydrogens (tertiary/aromatic N) is 3. The Labute approximate surface area is 210 Å². The maximum absolute atomic E-state index is 12.4. The highest BCUT2D eigenvalue weighted by molar-refractivity contribution is 7.83. The quantitative estimate of drug-likeness (QED) is 0.426. The predicted octanol–water partition coefficient (Wildman–Crippen LogP) is 4.33. The molecule has 1 aliphatic rings. The molecule has 2 atom stereocenters. The minimum atomic E-state index is -1.52. The van der Waals surface area contributed by atoms with Crippen molar-refractivity contribution in [2.75, 3.05) is 12.4 Å². The van der Waals surface area contributed by atoms with Gasteiger partial charge in [-0.1, -0.05) is 29.5 Å². The van der Waals surface area contributed by atoms with Crippen LogP contribution in [0.1, 0.15) is 49.9 Å². The van der Waals surface area contributed by atoms with Crippen molar-refractivity contribution in [2.24, 2.45) is 0 Å². The molecule has 1 N–H and O–H groups in total. The Hall–Kier alpha value is -3.13. The van der Waals surface area contributed by atoms with Gasteiger partial charge in [0.2, 0.25) is 0 Å². The lowest BCUT2D eigenvalue weighted by Crippen LogP contribution is -2.28. The van der Waals surface area contributed by atoms with Crippen molar-refractivity contribution >= 4 is 28.3 Å². The molecule has 0 aliphatic heterocycles. The number of esters is 1. The number of nitrogens with one attached hydrogen (secondary N) is 1. The van der Waals surface area contributed by atoms with E-state index in [0.717, 1.165) is 40.1 Å². The summed E-state index contributed by atoms with van der Waals surface area (Å²) in [6.45, 7) is 5.83. The minimum absolute atomic E-state index is 0.0258. The van der Waals surface area contributed by atoms with Crippen LogP contribution in [-0.4, -0.2) is 38.8 Å². The summed E-state index contributed by atoms with van der Waals surface area (Å²) in [6.07, 6.45) is 1.55. The molecule has 8 nitrogen and oxygen atoms in total. The summed E-state index contributed by atoms with van der Waals surface area (Å²) in [7, 11) is -1.52. The lowest BCUT2D eigenvalue weighted by Gasteiger charge is -2.13. The van der Waals surface area contributed by atoms with Gasteiger partial charge in [-0.2, -0.15) is 5.26 Å². The maximum Gasteiger partial charge on any atom is 0.319 e. The fourth-order valence-electron chi connectivity index (χ4n) is 4.04. The third-order valence-corrected chi connectivity index (χ3v) is 7.51. The fraction of sp³-hybridized carbons (Fsp3) is 0.360. The van der Waals surface area contributed by atoms with Crippen LogP contribution in [-0.2, 0) is 26.9 Å². The second kappa shape index (κ2) is 11.1. The van der Waals surface area contributed by atoms with Crippen molar-refractivity contribution in [3.63, 3.8) is 0 Å². The van der Waals surface area contributed by atoms with Gasteiger partial charge in [-0.25, -0.2) is 8.93 Å². The van der Waals surface area contributed by atoms with E-state index in [9.17, 15) is 14.3 Å². The van der Waals surface area contributed by atoms with E-state index in [2.05, 4.69) is 21.0 Å².